The van der Waals surface area contributed by atoms with Gasteiger partial charge in [-0.25, -0.2) is 9.97 Å². The number of carboxylic acid groups (broad SMARTS) is 1. The summed E-state index contributed by atoms with van der Waals surface area (Å²) in [5.41, 5.74) is -0.935. The molecule has 1 aromatic rings. The molecule has 8 heteroatoms. The van der Waals surface area contributed by atoms with Crippen LogP contribution < -0.4 is 0 Å². The van der Waals surface area contributed by atoms with Gasteiger partial charge in [-0.3, -0.25) is 14.4 Å². The van der Waals surface area contributed by atoms with Crippen molar-refractivity contribution in [2.75, 3.05) is 26.2 Å². The number of aromatic nitrogens is 2. The van der Waals surface area contributed by atoms with E-state index in [4.69, 9.17) is 0 Å². The molecular weight excluding hydrogens is 336 g/mol. The van der Waals surface area contributed by atoms with Crippen LogP contribution in [0.4, 0.5) is 0 Å². The lowest BCUT2D eigenvalue weighted by Crippen LogP contribution is -2.42. The lowest BCUT2D eigenvalue weighted by molar-refractivity contribution is -0.149. The SMILES string of the molecule is C=CCN1C[C@]2(C(=O)O)CN(C(=O)c3cnc(C4CC4)nc3)C[C@@H]2C1=O. The van der Waals surface area contributed by atoms with E-state index in [1.807, 2.05) is 0 Å². The number of carbonyl (C=O) groups excluding carboxylic acids is 2. The van der Waals surface area contributed by atoms with Crippen molar-refractivity contribution in [3.63, 3.8) is 0 Å². The molecule has 3 heterocycles. The highest BCUT2D eigenvalue weighted by atomic mass is 16.4. The molecule has 2 amide bonds. The van der Waals surface area contributed by atoms with Gasteiger partial charge >= 0.3 is 5.97 Å². The highest BCUT2D eigenvalue weighted by molar-refractivity contribution is 5.98. The maximum absolute atomic E-state index is 12.8. The lowest BCUT2D eigenvalue weighted by Gasteiger charge is -2.24. The normalized spacial score (nSPS) is 27.5. The number of carbonyl (C=O) groups is 3. The molecular formula is C18H20N4O4. The zero-order valence-corrected chi connectivity index (χ0v) is 14.3. The Morgan fingerprint density at radius 3 is 2.54 bits per heavy atom. The lowest BCUT2D eigenvalue weighted by atomic mass is 9.81. The Hall–Kier alpha value is -2.77. The number of rotatable bonds is 5. The van der Waals surface area contributed by atoms with E-state index in [2.05, 4.69) is 16.5 Å². The van der Waals surface area contributed by atoms with E-state index in [1.54, 1.807) is 6.08 Å². The number of hydrogen-bond donors (Lipinski definition) is 1. The van der Waals surface area contributed by atoms with Crippen LogP contribution in [0.2, 0.25) is 0 Å². The Morgan fingerprint density at radius 2 is 2.00 bits per heavy atom. The summed E-state index contributed by atoms with van der Waals surface area (Å²) in [6.07, 6.45) is 6.72. The van der Waals surface area contributed by atoms with Gasteiger partial charge in [-0.2, -0.15) is 0 Å². The van der Waals surface area contributed by atoms with E-state index in [-0.39, 0.29) is 31.4 Å². The van der Waals surface area contributed by atoms with E-state index < -0.39 is 17.3 Å². The van der Waals surface area contributed by atoms with Crippen LogP contribution in [0.25, 0.3) is 0 Å². The van der Waals surface area contributed by atoms with Crippen LogP contribution in [0.3, 0.4) is 0 Å². The Morgan fingerprint density at radius 1 is 1.31 bits per heavy atom. The van der Waals surface area contributed by atoms with Crippen molar-refractivity contribution >= 4 is 17.8 Å². The predicted molar refractivity (Wildman–Crippen MR) is 90.2 cm³/mol. The smallest absolute Gasteiger partial charge is 0.314 e. The molecule has 2 atom stereocenters. The highest BCUT2D eigenvalue weighted by Crippen LogP contribution is 2.44. The molecule has 1 aromatic heterocycles. The predicted octanol–water partition coefficient (Wildman–Crippen LogP) is 0.525. The first-order valence-corrected chi connectivity index (χ1v) is 8.70. The Labute approximate surface area is 150 Å². The van der Waals surface area contributed by atoms with Gasteiger partial charge in [-0.1, -0.05) is 6.08 Å². The van der Waals surface area contributed by atoms with Crippen LogP contribution in [0.1, 0.15) is 34.9 Å². The van der Waals surface area contributed by atoms with Gasteiger partial charge in [0.15, 0.2) is 0 Å². The summed E-state index contributed by atoms with van der Waals surface area (Å²) in [4.78, 5) is 48.7. The number of hydrogen-bond acceptors (Lipinski definition) is 5. The molecule has 1 aliphatic carbocycles. The molecule has 0 aromatic carbocycles. The zero-order valence-electron chi connectivity index (χ0n) is 14.3. The van der Waals surface area contributed by atoms with Crippen LogP contribution >= 0.6 is 0 Å². The van der Waals surface area contributed by atoms with E-state index in [0.717, 1.165) is 18.7 Å². The van der Waals surface area contributed by atoms with E-state index in [9.17, 15) is 19.5 Å². The third-order valence-electron chi connectivity index (χ3n) is 5.55. The molecule has 4 rings (SSSR count). The van der Waals surface area contributed by atoms with Crippen molar-refractivity contribution in [1.82, 2.24) is 19.8 Å². The standard InChI is InChI=1S/C18H20N4O4/c1-2-5-21-9-18(17(25)26)10-22(8-13(18)16(21)24)15(23)12-6-19-14(20-7-12)11-3-4-11/h2,6-7,11,13H,1,3-5,8-10H2,(H,25,26)/t13-,18+/m1/s1. The fourth-order valence-corrected chi connectivity index (χ4v) is 3.96. The highest BCUT2D eigenvalue weighted by Gasteiger charge is 2.62. The molecule has 1 N–H and O–H groups in total. The molecule has 0 bridgehead atoms. The molecule has 136 valence electrons. The third kappa shape index (κ3) is 2.48. The quantitative estimate of drug-likeness (QED) is 0.772. The van der Waals surface area contributed by atoms with Crippen molar-refractivity contribution in [3.8, 4) is 0 Å². The average Bonchev–Trinajstić information content (AvgIpc) is 3.35. The molecule has 0 spiro atoms. The summed E-state index contributed by atoms with van der Waals surface area (Å²) in [7, 11) is 0. The minimum atomic E-state index is -1.26. The van der Waals surface area contributed by atoms with E-state index >= 15 is 0 Å². The average molecular weight is 356 g/mol. The number of likely N-dealkylation sites (tertiary alicyclic amines) is 2. The number of carboxylic acids is 1. The summed E-state index contributed by atoms with van der Waals surface area (Å²) < 4.78 is 0. The molecule has 3 fully saturated rings. The van der Waals surface area contributed by atoms with Crippen LogP contribution in [-0.4, -0.2) is 68.8 Å². The van der Waals surface area contributed by atoms with Crippen molar-refractivity contribution in [2.24, 2.45) is 11.3 Å². The summed E-state index contributed by atoms with van der Waals surface area (Å²) in [5, 5.41) is 9.79. The Bertz CT molecular complexity index is 789. The van der Waals surface area contributed by atoms with E-state index in [1.165, 1.54) is 22.2 Å². The maximum Gasteiger partial charge on any atom is 0.314 e. The fraction of sp³-hybridized carbons (Fsp3) is 0.500. The molecule has 1 saturated carbocycles. The minimum Gasteiger partial charge on any atom is -0.481 e. The summed E-state index contributed by atoms with van der Waals surface area (Å²) in [5.74, 6) is -1.19. The first-order valence-electron chi connectivity index (χ1n) is 8.70. The first kappa shape index (κ1) is 16.7. The van der Waals surface area contributed by atoms with Gasteiger partial charge in [-0.05, 0) is 12.8 Å². The van der Waals surface area contributed by atoms with Gasteiger partial charge in [0.1, 0.15) is 11.2 Å². The van der Waals surface area contributed by atoms with Gasteiger partial charge < -0.3 is 14.9 Å². The van der Waals surface area contributed by atoms with Crippen LogP contribution in [0, 0.1) is 11.3 Å². The fourth-order valence-electron chi connectivity index (χ4n) is 3.96. The van der Waals surface area contributed by atoms with Gasteiger partial charge in [0.2, 0.25) is 5.91 Å². The summed E-state index contributed by atoms with van der Waals surface area (Å²) >= 11 is 0. The topological polar surface area (TPSA) is 104 Å². The number of fused-ring (bicyclic) bond motifs is 1. The number of aliphatic carboxylic acids is 1. The molecule has 8 nitrogen and oxygen atoms in total. The van der Waals surface area contributed by atoms with Crippen LogP contribution in [0.15, 0.2) is 25.0 Å². The molecule has 26 heavy (non-hydrogen) atoms. The largest absolute Gasteiger partial charge is 0.481 e. The van der Waals surface area contributed by atoms with E-state index in [0.29, 0.717) is 18.0 Å². The zero-order chi connectivity index (χ0) is 18.5. The second kappa shape index (κ2) is 5.89. The van der Waals surface area contributed by atoms with Crippen molar-refractivity contribution in [1.29, 1.82) is 0 Å². The third-order valence-corrected chi connectivity index (χ3v) is 5.55. The van der Waals surface area contributed by atoms with Gasteiger partial charge in [0.05, 0.1) is 11.5 Å². The second-order valence-corrected chi connectivity index (χ2v) is 7.31. The van der Waals surface area contributed by atoms with Crippen LogP contribution in [-0.2, 0) is 9.59 Å². The van der Waals surface area contributed by atoms with Gasteiger partial charge in [0.25, 0.3) is 5.91 Å². The number of nitrogens with zero attached hydrogens (tertiary/aromatic N) is 4. The first-order chi connectivity index (χ1) is 12.5. The summed E-state index contributed by atoms with van der Waals surface area (Å²) in [6, 6.07) is 0. The molecule has 2 saturated heterocycles. The number of amides is 2. The van der Waals surface area contributed by atoms with Gasteiger partial charge in [-0.15, -0.1) is 6.58 Å². The van der Waals surface area contributed by atoms with Crippen molar-refractivity contribution in [2.45, 2.75) is 18.8 Å². The molecule has 0 radical (unpaired) electrons. The monoisotopic (exact) mass is 356 g/mol. The Balaban J connectivity index is 1.54. The molecule has 2 aliphatic heterocycles. The minimum absolute atomic E-state index is 0.00952. The maximum atomic E-state index is 12.8. The summed E-state index contributed by atoms with van der Waals surface area (Å²) in [6.45, 7) is 4.13. The molecule has 0 unspecified atom stereocenters. The molecule has 3 aliphatic rings. The second-order valence-electron chi connectivity index (χ2n) is 7.31. The van der Waals surface area contributed by atoms with Crippen molar-refractivity contribution in [3.05, 3.63) is 36.4 Å². The Kier molecular flexibility index (Phi) is 3.78. The van der Waals surface area contributed by atoms with Gasteiger partial charge in [0, 0.05) is 44.5 Å². The van der Waals surface area contributed by atoms with Crippen molar-refractivity contribution < 1.29 is 19.5 Å². The van der Waals surface area contributed by atoms with Crippen LogP contribution in [0.5, 0.6) is 0 Å².